The van der Waals surface area contributed by atoms with Crippen molar-refractivity contribution >= 4 is 0 Å². The molecule has 5 aliphatic rings. The monoisotopic (exact) mass is 468 g/mol. The first kappa shape index (κ1) is 25.6. The Morgan fingerprint density at radius 1 is 0.647 bits per heavy atom. The first-order valence-electron chi connectivity index (χ1n) is 15.9. The van der Waals surface area contributed by atoms with Crippen LogP contribution in [-0.4, -0.2) is 0 Å². The Morgan fingerprint density at radius 3 is 1.97 bits per heavy atom. The molecule has 0 N–H and O–H groups in total. The van der Waals surface area contributed by atoms with Gasteiger partial charge in [0.15, 0.2) is 0 Å². The molecule has 0 spiro atoms. The van der Waals surface area contributed by atoms with E-state index < -0.39 is 0 Å². The fourth-order valence-corrected chi connectivity index (χ4v) is 12.9. The van der Waals surface area contributed by atoms with E-state index in [1.807, 2.05) is 0 Å². The summed E-state index contributed by atoms with van der Waals surface area (Å²) in [6.07, 6.45) is 22.5. The molecule has 34 heavy (non-hydrogen) atoms. The second kappa shape index (κ2) is 8.51. The molecule has 0 aliphatic heterocycles. The zero-order valence-electron chi connectivity index (χ0n) is 24.6. The highest BCUT2D eigenvalue weighted by molar-refractivity contribution is 5.19. The molecule has 0 aromatic carbocycles. The molecular weight excluding hydrogens is 408 g/mol. The lowest BCUT2D eigenvalue weighted by atomic mass is 9.32. The summed E-state index contributed by atoms with van der Waals surface area (Å²) in [5.41, 5.74) is 2.90. The fraction of sp³-hybridized carbons (Fsp3) is 1.00. The smallest absolute Gasteiger partial charge is 0.0235 e. The molecule has 5 aliphatic carbocycles. The average Bonchev–Trinajstić information content (AvgIpc) is 3.11. The van der Waals surface area contributed by atoms with Crippen LogP contribution in [0, 0.1) is 62.6 Å². The van der Waals surface area contributed by atoms with Crippen molar-refractivity contribution in [2.24, 2.45) is 62.6 Å². The van der Waals surface area contributed by atoms with Crippen molar-refractivity contribution in [1.29, 1.82) is 0 Å². The lowest BCUT2D eigenvalue weighted by molar-refractivity contribution is -0.241. The van der Waals surface area contributed by atoms with Gasteiger partial charge in [-0.2, -0.15) is 0 Å². The second-order valence-electron chi connectivity index (χ2n) is 16.3. The van der Waals surface area contributed by atoms with E-state index in [1.165, 1.54) is 77.0 Å². The maximum Gasteiger partial charge on any atom is -0.0235 e. The van der Waals surface area contributed by atoms with Crippen molar-refractivity contribution in [3.05, 3.63) is 0 Å². The topological polar surface area (TPSA) is 0 Å². The van der Waals surface area contributed by atoms with Crippen molar-refractivity contribution in [1.82, 2.24) is 0 Å². The van der Waals surface area contributed by atoms with Crippen molar-refractivity contribution < 1.29 is 0 Å². The molecule has 0 saturated heterocycles. The Morgan fingerprint density at radius 2 is 1.29 bits per heavy atom. The zero-order valence-corrected chi connectivity index (χ0v) is 24.6. The van der Waals surface area contributed by atoms with Gasteiger partial charge in [0.2, 0.25) is 0 Å². The van der Waals surface area contributed by atoms with E-state index in [2.05, 4.69) is 55.4 Å². The number of unbranched alkanes of at least 4 members (excludes halogenated alkanes) is 2. The quantitative estimate of drug-likeness (QED) is 0.352. The van der Waals surface area contributed by atoms with Gasteiger partial charge in [-0.1, -0.05) is 87.5 Å². The summed E-state index contributed by atoms with van der Waals surface area (Å²) in [6, 6.07) is 0. The number of fused-ring (bicyclic) bond motifs is 7. The maximum atomic E-state index is 2.83. The third kappa shape index (κ3) is 3.41. The molecule has 0 aromatic rings. The van der Waals surface area contributed by atoms with Gasteiger partial charge in [0.25, 0.3) is 0 Å². The van der Waals surface area contributed by atoms with Crippen LogP contribution in [-0.2, 0) is 0 Å². The first-order chi connectivity index (χ1) is 15.9. The van der Waals surface area contributed by atoms with E-state index in [1.54, 1.807) is 19.3 Å². The third-order valence-electron chi connectivity index (χ3n) is 14.8. The standard InChI is InChI=1S/C34H60/c1-9-10-11-13-24(2)25-16-21-31(5)26(25)17-22-33(7)28(31)14-15-29-32(6)20-12-19-30(3,4)27(32)18-23-34(29,33)8/h24-29H,9-23H2,1-8H3/t24?,25-,26+,27-,28+,29+,31-,32-,33+,34+/m0/s1. The molecule has 0 aromatic heterocycles. The summed E-state index contributed by atoms with van der Waals surface area (Å²) in [5.74, 6) is 5.88. The van der Waals surface area contributed by atoms with Crippen LogP contribution < -0.4 is 0 Å². The van der Waals surface area contributed by atoms with Gasteiger partial charge in [0, 0.05) is 0 Å². The highest BCUT2D eigenvalue weighted by atomic mass is 14.7. The van der Waals surface area contributed by atoms with E-state index in [0.717, 1.165) is 35.5 Å². The first-order valence-corrected chi connectivity index (χ1v) is 15.9. The minimum atomic E-state index is 0.558. The van der Waals surface area contributed by atoms with Gasteiger partial charge in [-0.05, 0) is 127 Å². The molecule has 0 heteroatoms. The van der Waals surface area contributed by atoms with Crippen LogP contribution in [0.5, 0.6) is 0 Å². The van der Waals surface area contributed by atoms with Crippen LogP contribution in [0.1, 0.15) is 152 Å². The second-order valence-corrected chi connectivity index (χ2v) is 16.3. The Labute approximate surface area is 214 Å². The van der Waals surface area contributed by atoms with E-state index in [9.17, 15) is 0 Å². The molecule has 0 bridgehead atoms. The van der Waals surface area contributed by atoms with Gasteiger partial charge in [0.1, 0.15) is 0 Å². The third-order valence-corrected chi connectivity index (χ3v) is 14.8. The molecule has 5 rings (SSSR count). The Kier molecular flexibility index (Phi) is 6.42. The van der Waals surface area contributed by atoms with Crippen molar-refractivity contribution in [2.75, 3.05) is 0 Å². The van der Waals surface area contributed by atoms with Crippen molar-refractivity contribution in [2.45, 2.75) is 152 Å². The normalized spacial score (nSPS) is 52.8. The highest BCUT2D eigenvalue weighted by Crippen LogP contribution is 2.78. The van der Waals surface area contributed by atoms with E-state index >= 15 is 0 Å². The molecule has 5 saturated carbocycles. The fourth-order valence-electron chi connectivity index (χ4n) is 12.9. The Bertz CT molecular complexity index is 749. The summed E-state index contributed by atoms with van der Waals surface area (Å²) >= 11 is 0. The van der Waals surface area contributed by atoms with Gasteiger partial charge < -0.3 is 0 Å². The summed E-state index contributed by atoms with van der Waals surface area (Å²) in [7, 11) is 0. The van der Waals surface area contributed by atoms with Gasteiger partial charge >= 0.3 is 0 Å². The molecule has 1 unspecified atom stereocenters. The van der Waals surface area contributed by atoms with Crippen molar-refractivity contribution in [3.8, 4) is 0 Å². The number of hydrogen-bond acceptors (Lipinski definition) is 0. The molecule has 0 radical (unpaired) electrons. The zero-order chi connectivity index (χ0) is 24.6. The maximum absolute atomic E-state index is 2.83. The van der Waals surface area contributed by atoms with Gasteiger partial charge in [-0.15, -0.1) is 0 Å². The van der Waals surface area contributed by atoms with Crippen LogP contribution in [0.2, 0.25) is 0 Å². The van der Waals surface area contributed by atoms with Crippen molar-refractivity contribution in [3.63, 3.8) is 0 Å². The van der Waals surface area contributed by atoms with E-state index in [4.69, 9.17) is 0 Å². The van der Waals surface area contributed by atoms with Crippen LogP contribution in [0.15, 0.2) is 0 Å². The number of hydrogen-bond donors (Lipinski definition) is 0. The Balaban J connectivity index is 1.41. The molecule has 196 valence electrons. The van der Waals surface area contributed by atoms with Gasteiger partial charge in [-0.25, -0.2) is 0 Å². The predicted molar refractivity (Wildman–Crippen MR) is 148 cm³/mol. The average molecular weight is 469 g/mol. The minimum Gasteiger partial charge on any atom is -0.0654 e. The Hall–Kier alpha value is 0. The molecule has 0 amide bonds. The van der Waals surface area contributed by atoms with E-state index in [-0.39, 0.29) is 0 Å². The van der Waals surface area contributed by atoms with Gasteiger partial charge in [0.05, 0.1) is 0 Å². The van der Waals surface area contributed by atoms with Crippen LogP contribution in [0.4, 0.5) is 0 Å². The molecular formula is C34H60. The van der Waals surface area contributed by atoms with E-state index in [0.29, 0.717) is 27.1 Å². The number of rotatable bonds is 5. The summed E-state index contributed by atoms with van der Waals surface area (Å²) in [5, 5.41) is 0. The lowest BCUT2D eigenvalue weighted by Gasteiger charge is -2.73. The summed E-state index contributed by atoms with van der Waals surface area (Å²) in [6.45, 7) is 21.5. The molecule has 0 nitrogen and oxygen atoms in total. The SMILES string of the molecule is CCCCCC(C)[C@@H]1CC[C@@]2(C)[C@@H]1CC[C@]1(C)[C@@H]2CC[C@@H]2[C@@]3(C)CCCC(C)(C)[C@@H]3CC[C@]21C. The van der Waals surface area contributed by atoms with Crippen LogP contribution in [0.3, 0.4) is 0 Å². The van der Waals surface area contributed by atoms with Crippen LogP contribution >= 0.6 is 0 Å². The van der Waals surface area contributed by atoms with Crippen LogP contribution in [0.25, 0.3) is 0 Å². The molecule has 10 atom stereocenters. The highest BCUT2D eigenvalue weighted by Gasteiger charge is 2.70. The predicted octanol–water partition coefficient (Wildman–Crippen LogP) is 10.7. The molecule has 0 heterocycles. The molecule has 5 fully saturated rings. The lowest BCUT2D eigenvalue weighted by Crippen LogP contribution is -2.65. The minimum absolute atomic E-state index is 0.558. The summed E-state index contributed by atoms with van der Waals surface area (Å²) in [4.78, 5) is 0. The summed E-state index contributed by atoms with van der Waals surface area (Å²) < 4.78 is 0. The largest absolute Gasteiger partial charge is 0.0654 e. The van der Waals surface area contributed by atoms with Gasteiger partial charge in [-0.3, -0.25) is 0 Å².